The van der Waals surface area contributed by atoms with Gasteiger partial charge < -0.3 is 18.9 Å². The molecule has 1 aliphatic heterocycles. The van der Waals surface area contributed by atoms with E-state index in [4.69, 9.17) is 18.9 Å². The van der Waals surface area contributed by atoms with E-state index in [-0.39, 0.29) is 5.60 Å². The van der Waals surface area contributed by atoms with Crippen LogP contribution in [0.3, 0.4) is 0 Å². The zero-order chi connectivity index (χ0) is 14.2. The Morgan fingerprint density at radius 3 is 2.11 bits per heavy atom. The SMILES string of the molecule is COc1c(C=O)c2c(c(OC)c1OC)CC(C)(C)O2. The summed E-state index contributed by atoms with van der Waals surface area (Å²) in [5.41, 5.74) is 0.818. The van der Waals surface area contributed by atoms with E-state index in [1.54, 1.807) is 7.11 Å². The second kappa shape index (κ2) is 4.64. The number of hydrogen-bond donors (Lipinski definition) is 0. The Labute approximate surface area is 112 Å². The van der Waals surface area contributed by atoms with Gasteiger partial charge in [-0.25, -0.2) is 0 Å². The quantitative estimate of drug-likeness (QED) is 0.782. The van der Waals surface area contributed by atoms with E-state index in [0.29, 0.717) is 35.0 Å². The third kappa shape index (κ3) is 1.99. The molecule has 0 aromatic heterocycles. The molecule has 0 bridgehead atoms. The van der Waals surface area contributed by atoms with Crippen molar-refractivity contribution in [3.05, 3.63) is 11.1 Å². The van der Waals surface area contributed by atoms with Crippen LogP contribution in [0.25, 0.3) is 0 Å². The first-order valence-electron chi connectivity index (χ1n) is 5.98. The number of ether oxygens (including phenoxy) is 4. The monoisotopic (exact) mass is 266 g/mol. The Morgan fingerprint density at radius 1 is 1.05 bits per heavy atom. The molecule has 0 spiro atoms. The summed E-state index contributed by atoms with van der Waals surface area (Å²) in [4.78, 5) is 11.4. The lowest BCUT2D eigenvalue weighted by atomic mass is 9.98. The number of carbonyl (C=O) groups excluding carboxylic acids is 1. The van der Waals surface area contributed by atoms with Crippen molar-refractivity contribution in [2.75, 3.05) is 21.3 Å². The van der Waals surface area contributed by atoms with Crippen molar-refractivity contribution in [1.82, 2.24) is 0 Å². The predicted molar refractivity (Wildman–Crippen MR) is 69.9 cm³/mol. The third-order valence-corrected chi connectivity index (χ3v) is 3.16. The van der Waals surface area contributed by atoms with Crippen LogP contribution in [-0.2, 0) is 6.42 Å². The van der Waals surface area contributed by atoms with Crippen LogP contribution in [-0.4, -0.2) is 33.2 Å². The summed E-state index contributed by atoms with van der Waals surface area (Å²) < 4.78 is 21.9. The van der Waals surface area contributed by atoms with Crippen molar-refractivity contribution < 1.29 is 23.7 Å². The molecule has 1 heterocycles. The Morgan fingerprint density at radius 2 is 1.63 bits per heavy atom. The number of methoxy groups -OCH3 is 3. The summed E-state index contributed by atoms with van der Waals surface area (Å²) in [5.74, 6) is 1.85. The second-order valence-electron chi connectivity index (χ2n) is 4.98. The van der Waals surface area contributed by atoms with Gasteiger partial charge in [0.05, 0.1) is 21.3 Å². The van der Waals surface area contributed by atoms with E-state index in [1.165, 1.54) is 14.2 Å². The predicted octanol–water partition coefficient (Wildman–Crippen LogP) is 2.24. The maximum Gasteiger partial charge on any atom is 0.204 e. The Balaban J connectivity index is 2.79. The molecule has 0 saturated heterocycles. The van der Waals surface area contributed by atoms with Crippen LogP contribution < -0.4 is 18.9 Å². The van der Waals surface area contributed by atoms with E-state index < -0.39 is 0 Å². The number of carbonyl (C=O) groups is 1. The Kier molecular flexibility index (Phi) is 3.30. The van der Waals surface area contributed by atoms with Gasteiger partial charge in [-0.05, 0) is 13.8 Å². The molecule has 19 heavy (non-hydrogen) atoms. The summed E-state index contributed by atoms with van der Waals surface area (Å²) in [7, 11) is 4.56. The molecule has 1 aromatic rings. The molecule has 0 N–H and O–H groups in total. The summed E-state index contributed by atoms with van der Waals surface area (Å²) in [6.45, 7) is 3.92. The van der Waals surface area contributed by atoms with Gasteiger partial charge in [0.1, 0.15) is 16.9 Å². The van der Waals surface area contributed by atoms with Crippen LogP contribution in [0.2, 0.25) is 0 Å². The van der Waals surface area contributed by atoms with E-state index in [1.807, 2.05) is 13.8 Å². The third-order valence-electron chi connectivity index (χ3n) is 3.16. The van der Waals surface area contributed by atoms with Crippen LogP contribution in [0.5, 0.6) is 23.0 Å². The smallest absolute Gasteiger partial charge is 0.204 e. The molecule has 0 atom stereocenters. The van der Waals surface area contributed by atoms with Gasteiger partial charge >= 0.3 is 0 Å². The molecule has 5 nitrogen and oxygen atoms in total. The van der Waals surface area contributed by atoms with Gasteiger partial charge in [-0.2, -0.15) is 0 Å². The average molecular weight is 266 g/mol. The molecule has 5 heteroatoms. The normalized spacial score (nSPS) is 15.4. The van der Waals surface area contributed by atoms with Crippen molar-refractivity contribution in [2.45, 2.75) is 25.9 Å². The average Bonchev–Trinajstić information content (AvgIpc) is 2.70. The van der Waals surface area contributed by atoms with Gasteiger partial charge in [0, 0.05) is 12.0 Å². The van der Waals surface area contributed by atoms with Crippen molar-refractivity contribution >= 4 is 6.29 Å². The fourth-order valence-corrected chi connectivity index (χ4v) is 2.46. The fraction of sp³-hybridized carbons (Fsp3) is 0.500. The number of benzene rings is 1. The van der Waals surface area contributed by atoms with Crippen molar-refractivity contribution in [3.63, 3.8) is 0 Å². The molecule has 0 unspecified atom stereocenters. The largest absolute Gasteiger partial charge is 0.492 e. The summed E-state index contributed by atoms with van der Waals surface area (Å²) in [6.07, 6.45) is 1.37. The van der Waals surface area contributed by atoms with E-state index >= 15 is 0 Å². The molecule has 2 rings (SSSR count). The van der Waals surface area contributed by atoms with E-state index in [0.717, 1.165) is 11.8 Å². The summed E-state index contributed by atoms with van der Waals surface area (Å²) >= 11 is 0. The van der Waals surface area contributed by atoms with Crippen molar-refractivity contribution in [2.24, 2.45) is 0 Å². The highest BCUT2D eigenvalue weighted by Crippen LogP contribution is 2.52. The van der Waals surface area contributed by atoms with Gasteiger partial charge in [0.15, 0.2) is 17.8 Å². The lowest BCUT2D eigenvalue weighted by molar-refractivity contribution is 0.110. The Hall–Kier alpha value is -1.91. The molecular formula is C14H18O5. The maximum atomic E-state index is 11.4. The minimum Gasteiger partial charge on any atom is -0.492 e. The highest BCUT2D eigenvalue weighted by molar-refractivity contribution is 5.89. The Bertz CT molecular complexity index is 519. The molecule has 0 saturated carbocycles. The number of fused-ring (bicyclic) bond motifs is 1. The second-order valence-corrected chi connectivity index (χ2v) is 4.98. The van der Waals surface area contributed by atoms with E-state index in [9.17, 15) is 4.79 Å². The van der Waals surface area contributed by atoms with Gasteiger partial charge in [0.25, 0.3) is 0 Å². The van der Waals surface area contributed by atoms with Gasteiger partial charge in [0.2, 0.25) is 5.75 Å². The van der Waals surface area contributed by atoms with Crippen LogP contribution in [0, 0.1) is 0 Å². The van der Waals surface area contributed by atoms with Gasteiger partial charge in [-0.1, -0.05) is 0 Å². The highest BCUT2D eigenvalue weighted by Gasteiger charge is 2.38. The molecule has 1 aliphatic rings. The highest BCUT2D eigenvalue weighted by atomic mass is 16.5. The number of hydrogen-bond acceptors (Lipinski definition) is 5. The molecule has 104 valence electrons. The zero-order valence-corrected chi connectivity index (χ0v) is 11.8. The molecule has 0 aliphatic carbocycles. The van der Waals surface area contributed by atoms with Crippen LogP contribution in [0.15, 0.2) is 0 Å². The number of rotatable bonds is 4. The minimum atomic E-state index is -0.384. The van der Waals surface area contributed by atoms with Crippen LogP contribution in [0.4, 0.5) is 0 Å². The molecular weight excluding hydrogens is 248 g/mol. The molecule has 0 amide bonds. The summed E-state index contributed by atoms with van der Waals surface area (Å²) in [6, 6.07) is 0. The zero-order valence-electron chi connectivity index (χ0n) is 11.8. The minimum absolute atomic E-state index is 0.339. The fourth-order valence-electron chi connectivity index (χ4n) is 2.46. The first-order chi connectivity index (χ1) is 8.99. The molecule has 1 aromatic carbocycles. The molecule has 0 radical (unpaired) electrons. The van der Waals surface area contributed by atoms with Crippen LogP contribution >= 0.6 is 0 Å². The lowest BCUT2D eigenvalue weighted by Crippen LogP contribution is -2.25. The first kappa shape index (κ1) is 13.5. The summed E-state index contributed by atoms with van der Waals surface area (Å²) in [5, 5.41) is 0. The number of aldehydes is 1. The van der Waals surface area contributed by atoms with Gasteiger partial charge in [-0.3, -0.25) is 4.79 Å². The maximum absolute atomic E-state index is 11.4. The van der Waals surface area contributed by atoms with Crippen molar-refractivity contribution in [1.29, 1.82) is 0 Å². The van der Waals surface area contributed by atoms with E-state index in [2.05, 4.69) is 0 Å². The topological polar surface area (TPSA) is 54.0 Å². The van der Waals surface area contributed by atoms with Crippen molar-refractivity contribution in [3.8, 4) is 23.0 Å². The lowest BCUT2D eigenvalue weighted by Gasteiger charge is -2.18. The standard InChI is InChI=1S/C14H18O5/c1-14(2)6-8-10(19-14)9(7-15)12(17-4)13(18-5)11(8)16-3/h7H,6H2,1-5H3. The molecule has 0 fully saturated rings. The van der Waals surface area contributed by atoms with Gasteiger partial charge in [-0.15, -0.1) is 0 Å². The van der Waals surface area contributed by atoms with Crippen LogP contribution in [0.1, 0.15) is 29.8 Å². The first-order valence-corrected chi connectivity index (χ1v) is 5.98.